The first-order valence-electron chi connectivity index (χ1n) is 5.98. The smallest absolute Gasteiger partial charge is 0.0547 e. The van der Waals surface area contributed by atoms with E-state index in [9.17, 15) is 0 Å². The molecule has 0 fully saturated rings. The fraction of sp³-hybridized carbons (Fsp3) is 0.571. The Bertz CT molecular complexity index is 243. The van der Waals surface area contributed by atoms with Crippen molar-refractivity contribution >= 4 is 0 Å². The lowest BCUT2D eigenvalue weighted by molar-refractivity contribution is 0.0610. The highest BCUT2D eigenvalue weighted by Gasteiger charge is 2.00. The molecule has 0 aromatic heterocycles. The van der Waals surface area contributed by atoms with Gasteiger partial charge in [0.2, 0.25) is 0 Å². The van der Waals surface area contributed by atoms with Crippen LogP contribution in [-0.2, 0) is 11.2 Å². The second-order valence-corrected chi connectivity index (χ2v) is 4.06. The van der Waals surface area contributed by atoms with Gasteiger partial charge in [0.05, 0.1) is 12.7 Å². The average molecular weight is 206 g/mol. The van der Waals surface area contributed by atoms with E-state index in [1.165, 1.54) is 24.8 Å². The van der Waals surface area contributed by atoms with Crippen LogP contribution in [0.4, 0.5) is 0 Å². The number of hydrogen-bond donors (Lipinski definition) is 0. The SMILES string of the molecule is CCCC[C@H](C)OCCc1ccccc1. The van der Waals surface area contributed by atoms with Crippen molar-refractivity contribution in [2.24, 2.45) is 0 Å². The van der Waals surface area contributed by atoms with E-state index in [1.807, 2.05) is 6.07 Å². The molecule has 0 saturated heterocycles. The molecule has 0 aliphatic rings. The summed E-state index contributed by atoms with van der Waals surface area (Å²) in [6, 6.07) is 10.5. The van der Waals surface area contributed by atoms with Crippen molar-refractivity contribution in [3.05, 3.63) is 35.9 Å². The van der Waals surface area contributed by atoms with E-state index in [1.54, 1.807) is 0 Å². The molecule has 0 radical (unpaired) electrons. The minimum atomic E-state index is 0.411. The van der Waals surface area contributed by atoms with Gasteiger partial charge in [0.15, 0.2) is 0 Å². The van der Waals surface area contributed by atoms with Crippen LogP contribution in [-0.4, -0.2) is 12.7 Å². The Balaban J connectivity index is 2.11. The molecule has 1 rings (SSSR count). The highest BCUT2D eigenvalue weighted by molar-refractivity contribution is 5.14. The average Bonchev–Trinajstić information content (AvgIpc) is 2.28. The minimum Gasteiger partial charge on any atom is -0.378 e. The van der Waals surface area contributed by atoms with E-state index in [0.717, 1.165) is 13.0 Å². The molecule has 0 N–H and O–H groups in total. The van der Waals surface area contributed by atoms with Crippen molar-refractivity contribution in [2.75, 3.05) is 6.61 Å². The lowest BCUT2D eigenvalue weighted by Gasteiger charge is -2.12. The second-order valence-electron chi connectivity index (χ2n) is 4.06. The van der Waals surface area contributed by atoms with Gasteiger partial charge in [0, 0.05) is 0 Å². The Morgan fingerprint density at radius 3 is 2.60 bits per heavy atom. The summed E-state index contributed by atoms with van der Waals surface area (Å²) in [5, 5.41) is 0. The first kappa shape index (κ1) is 12.3. The van der Waals surface area contributed by atoms with Crippen molar-refractivity contribution in [2.45, 2.75) is 45.6 Å². The Kier molecular flexibility index (Phi) is 6.10. The number of rotatable bonds is 7. The van der Waals surface area contributed by atoms with Crippen LogP contribution in [0.3, 0.4) is 0 Å². The zero-order chi connectivity index (χ0) is 10.9. The van der Waals surface area contributed by atoms with Crippen LogP contribution < -0.4 is 0 Å². The second kappa shape index (κ2) is 7.47. The molecule has 1 atom stereocenters. The van der Waals surface area contributed by atoms with Crippen LogP contribution in [0.25, 0.3) is 0 Å². The molecule has 0 bridgehead atoms. The summed E-state index contributed by atoms with van der Waals surface area (Å²) in [6.45, 7) is 5.23. The molecule has 0 unspecified atom stereocenters. The standard InChI is InChI=1S/C14H22O/c1-3-4-8-13(2)15-12-11-14-9-6-5-7-10-14/h5-7,9-10,13H,3-4,8,11-12H2,1-2H3/t13-/m0/s1. The van der Waals surface area contributed by atoms with Gasteiger partial charge in [-0.1, -0.05) is 50.1 Å². The highest BCUT2D eigenvalue weighted by Crippen LogP contribution is 2.05. The fourth-order valence-corrected chi connectivity index (χ4v) is 1.60. The van der Waals surface area contributed by atoms with E-state index >= 15 is 0 Å². The third-order valence-corrected chi connectivity index (χ3v) is 2.60. The number of hydrogen-bond acceptors (Lipinski definition) is 1. The van der Waals surface area contributed by atoms with Gasteiger partial charge >= 0.3 is 0 Å². The molecule has 1 aromatic carbocycles. The third-order valence-electron chi connectivity index (χ3n) is 2.60. The summed E-state index contributed by atoms with van der Waals surface area (Å²) < 4.78 is 5.75. The van der Waals surface area contributed by atoms with Crippen LogP contribution in [0.2, 0.25) is 0 Å². The quantitative estimate of drug-likeness (QED) is 0.659. The van der Waals surface area contributed by atoms with Crippen LogP contribution in [0.5, 0.6) is 0 Å². The largest absolute Gasteiger partial charge is 0.378 e. The molecule has 1 nitrogen and oxygen atoms in total. The number of ether oxygens (including phenoxy) is 1. The number of unbranched alkanes of at least 4 members (excludes halogenated alkanes) is 1. The predicted octanol–water partition coefficient (Wildman–Crippen LogP) is 3.82. The minimum absolute atomic E-state index is 0.411. The Labute approximate surface area is 93.5 Å². The molecule has 0 aliphatic carbocycles. The van der Waals surface area contributed by atoms with Crippen molar-refractivity contribution < 1.29 is 4.74 Å². The van der Waals surface area contributed by atoms with Gasteiger partial charge in [-0.2, -0.15) is 0 Å². The lowest BCUT2D eigenvalue weighted by atomic mass is 10.1. The molecular weight excluding hydrogens is 184 g/mol. The summed E-state index contributed by atoms with van der Waals surface area (Å²) in [6.07, 6.45) is 5.15. The zero-order valence-corrected chi connectivity index (χ0v) is 9.91. The van der Waals surface area contributed by atoms with Crippen LogP contribution in [0.1, 0.15) is 38.7 Å². The highest BCUT2D eigenvalue weighted by atomic mass is 16.5. The maximum absolute atomic E-state index is 5.75. The molecule has 0 aliphatic heterocycles. The zero-order valence-electron chi connectivity index (χ0n) is 9.91. The third kappa shape index (κ3) is 5.58. The molecule has 1 heteroatoms. The van der Waals surface area contributed by atoms with E-state index in [0.29, 0.717) is 6.10 Å². The van der Waals surface area contributed by atoms with Gasteiger partial charge in [-0.25, -0.2) is 0 Å². The maximum atomic E-state index is 5.75. The Hall–Kier alpha value is -0.820. The lowest BCUT2D eigenvalue weighted by Crippen LogP contribution is -2.10. The Morgan fingerprint density at radius 1 is 1.20 bits per heavy atom. The number of benzene rings is 1. The molecule has 0 heterocycles. The van der Waals surface area contributed by atoms with Crippen molar-refractivity contribution in [1.82, 2.24) is 0 Å². The summed E-state index contributed by atoms with van der Waals surface area (Å²) in [5.41, 5.74) is 1.36. The molecule has 0 spiro atoms. The molecular formula is C14H22O. The van der Waals surface area contributed by atoms with Gasteiger partial charge in [-0.05, 0) is 25.3 Å². The normalized spacial score (nSPS) is 12.7. The van der Waals surface area contributed by atoms with Crippen molar-refractivity contribution in [3.63, 3.8) is 0 Å². The van der Waals surface area contributed by atoms with E-state index in [2.05, 4.69) is 38.1 Å². The molecule has 0 amide bonds. The molecule has 84 valence electrons. The molecule has 1 aromatic rings. The van der Waals surface area contributed by atoms with Gasteiger partial charge in [-0.15, -0.1) is 0 Å². The van der Waals surface area contributed by atoms with Crippen LogP contribution >= 0.6 is 0 Å². The first-order valence-corrected chi connectivity index (χ1v) is 5.98. The summed E-state index contributed by atoms with van der Waals surface area (Å²) in [5.74, 6) is 0. The summed E-state index contributed by atoms with van der Waals surface area (Å²) in [4.78, 5) is 0. The van der Waals surface area contributed by atoms with Crippen LogP contribution in [0, 0.1) is 0 Å². The molecule has 15 heavy (non-hydrogen) atoms. The van der Waals surface area contributed by atoms with Crippen LogP contribution in [0.15, 0.2) is 30.3 Å². The monoisotopic (exact) mass is 206 g/mol. The predicted molar refractivity (Wildman–Crippen MR) is 65.1 cm³/mol. The van der Waals surface area contributed by atoms with E-state index in [4.69, 9.17) is 4.74 Å². The maximum Gasteiger partial charge on any atom is 0.0547 e. The van der Waals surface area contributed by atoms with Gasteiger partial charge in [0.25, 0.3) is 0 Å². The summed E-state index contributed by atoms with van der Waals surface area (Å²) >= 11 is 0. The Morgan fingerprint density at radius 2 is 1.93 bits per heavy atom. The summed E-state index contributed by atoms with van der Waals surface area (Å²) in [7, 11) is 0. The van der Waals surface area contributed by atoms with Crippen molar-refractivity contribution in [3.8, 4) is 0 Å². The van der Waals surface area contributed by atoms with Gasteiger partial charge in [0.1, 0.15) is 0 Å². The first-order chi connectivity index (χ1) is 7.33. The fourth-order valence-electron chi connectivity index (χ4n) is 1.60. The van der Waals surface area contributed by atoms with E-state index < -0.39 is 0 Å². The van der Waals surface area contributed by atoms with Gasteiger partial charge in [-0.3, -0.25) is 0 Å². The van der Waals surface area contributed by atoms with Crippen molar-refractivity contribution in [1.29, 1.82) is 0 Å². The van der Waals surface area contributed by atoms with E-state index in [-0.39, 0.29) is 0 Å². The topological polar surface area (TPSA) is 9.23 Å². The molecule has 0 saturated carbocycles. The van der Waals surface area contributed by atoms with Gasteiger partial charge < -0.3 is 4.74 Å².